The third-order valence-corrected chi connectivity index (χ3v) is 3.64. The molecule has 2 nitrogen and oxygen atoms in total. The van der Waals surface area contributed by atoms with Crippen LogP contribution in [0.4, 0.5) is 0 Å². The molecule has 1 amide bonds. The van der Waals surface area contributed by atoms with E-state index in [1.165, 1.54) is 5.56 Å². The van der Waals surface area contributed by atoms with Gasteiger partial charge in [0.15, 0.2) is 0 Å². The van der Waals surface area contributed by atoms with Crippen LogP contribution < -0.4 is 0 Å². The lowest BCUT2D eigenvalue weighted by atomic mass is 10.1. The summed E-state index contributed by atoms with van der Waals surface area (Å²) in [5.41, 5.74) is 2.06. The first kappa shape index (κ1) is 10.9. The van der Waals surface area contributed by atoms with E-state index < -0.39 is 0 Å². The van der Waals surface area contributed by atoms with Crippen molar-refractivity contribution < 1.29 is 4.79 Å². The lowest BCUT2D eigenvalue weighted by molar-refractivity contribution is 0.0792. The Kier molecular flexibility index (Phi) is 3.29. The van der Waals surface area contributed by atoms with Crippen molar-refractivity contribution in [3.05, 3.63) is 32.9 Å². The van der Waals surface area contributed by atoms with Gasteiger partial charge in [-0.15, -0.1) is 0 Å². The first-order valence-electron chi connectivity index (χ1n) is 5.24. The third kappa shape index (κ3) is 2.33. The van der Waals surface area contributed by atoms with Crippen LogP contribution in [-0.4, -0.2) is 23.9 Å². The lowest BCUT2D eigenvalue weighted by Crippen LogP contribution is -2.28. The molecule has 0 aliphatic carbocycles. The highest BCUT2D eigenvalue weighted by molar-refractivity contribution is 14.1. The molecule has 3 heteroatoms. The van der Waals surface area contributed by atoms with Crippen molar-refractivity contribution in [2.45, 2.75) is 19.8 Å². The normalized spacial score (nSPS) is 15.7. The zero-order chi connectivity index (χ0) is 10.8. The lowest BCUT2D eigenvalue weighted by Gasteiger charge is -2.16. The Morgan fingerprint density at radius 1 is 1.33 bits per heavy atom. The van der Waals surface area contributed by atoms with E-state index in [0.29, 0.717) is 0 Å². The molecule has 1 saturated heterocycles. The van der Waals surface area contributed by atoms with E-state index in [2.05, 4.69) is 28.7 Å². The molecule has 0 N–H and O–H groups in total. The van der Waals surface area contributed by atoms with Crippen LogP contribution in [0.25, 0.3) is 0 Å². The number of benzene rings is 1. The Morgan fingerprint density at radius 2 is 2.00 bits per heavy atom. The minimum atomic E-state index is 0.192. The average Bonchev–Trinajstić information content (AvgIpc) is 2.69. The van der Waals surface area contributed by atoms with Gasteiger partial charge in [0.1, 0.15) is 0 Å². The van der Waals surface area contributed by atoms with Crippen LogP contribution in [0, 0.1) is 10.5 Å². The number of rotatable bonds is 1. The van der Waals surface area contributed by atoms with Crippen molar-refractivity contribution in [3.8, 4) is 0 Å². The van der Waals surface area contributed by atoms with Gasteiger partial charge >= 0.3 is 0 Å². The minimum absolute atomic E-state index is 0.192. The molecule has 1 aromatic rings. The fourth-order valence-electron chi connectivity index (χ4n) is 1.88. The summed E-state index contributed by atoms with van der Waals surface area (Å²) < 4.78 is 1.06. The van der Waals surface area contributed by atoms with Gasteiger partial charge in [0, 0.05) is 16.7 Å². The topological polar surface area (TPSA) is 20.3 Å². The number of halogens is 1. The number of hydrogen-bond acceptors (Lipinski definition) is 1. The Labute approximate surface area is 104 Å². The minimum Gasteiger partial charge on any atom is -0.339 e. The monoisotopic (exact) mass is 315 g/mol. The van der Waals surface area contributed by atoms with Crippen LogP contribution in [0.15, 0.2) is 18.2 Å². The Balaban J connectivity index is 2.24. The Bertz CT molecular complexity index is 383. The number of carbonyl (C=O) groups is 1. The van der Waals surface area contributed by atoms with E-state index in [9.17, 15) is 4.79 Å². The maximum absolute atomic E-state index is 12.1. The summed E-state index contributed by atoms with van der Waals surface area (Å²) in [6, 6.07) is 6.01. The van der Waals surface area contributed by atoms with E-state index in [1.54, 1.807) is 0 Å². The summed E-state index contributed by atoms with van der Waals surface area (Å²) in [6.07, 6.45) is 2.29. The van der Waals surface area contributed by atoms with Crippen LogP contribution in [0.1, 0.15) is 28.8 Å². The number of amides is 1. The fourth-order valence-corrected chi connectivity index (χ4v) is 2.79. The van der Waals surface area contributed by atoms with E-state index in [-0.39, 0.29) is 5.91 Å². The molecule has 1 fully saturated rings. The molecule has 0 unspecified atom stereocenters. The first-order valence-corrected chi connectivity index (χ1v) is 6.32. The highest BCUT2D eigenvalue weighted by atomic mass is 127. The molecule has 1 heterocycles. The van der Waals surface area contributed by atoms with Gasteiger partial charge in [-0.1, -0.05) is 11.6 Å². The zero-order valence-corrected chi connectivity index (χ0v) is 11.0. The average molecular weight is 315 g/mol. The largest absolute Gasteiger partial charge is 0.339 e. The molecule has 80 valence electrons. The van der Waals surface area contributed by atoms with Gasteiger partial charge in [0.2, 0.25) is 0 Å². The molecule has 0 bridgehead atoms. The molecule has 1 aromatic carbocycles. The van der Waals surface area contributed by atoms with E-state index in [1.807, 2.05) is 24.0 Å². The molecule has 0 radical (unpaired) electrons. The third-order valence-electron chi connectivity index (χ3n) is 2.75. The first-order chi connectivity index (χ1) is 7.18. The van der Waals surface area contributed by atoms with Gasteiger partial charge in [0.25, 0.3) is 5.91 Å². The summed E-state index contributed by atoms with van der Waals surface area (Å²) in [4.78, 5) is 14.1. The fraction of sp³-hybridized carbons (Fsp3) is 0.417. The second-order valence-corrected chi connectivity index (χ2v) is 5.14. The van der Waals surface area contributed by atoms with Crippen molar-refractivity contribution in [3.63, 3.8) is 0 Å². The molecule has 2 rings (SSSR count). The molecule has 0 spiro atoms. The number of carbonyl (C=O) groups excluding carboxylic acids is 1. The molecule has 0 aromatic heterocycles. The second-order valence-electron chi connectivity index (χ2n) is 3.98. The summed E-state index contributed by atoms with van der Waals surface area (Å²) in [5.74, 6) is 0.192. The second kappa shape index (κ2) is 4.51. The SMILES string of the molecule is Cc1ccc(C(=O)N2CCCC2)c(I)c1. The van der Waals surface area contributed by atoms with E-state index in [0.717, 1.165) is 35.1 Å². The predicted molar refractivity (Wildman–Crippen MR) is 69.0 cm³/mol. The van der Waals surface area contributed by atoms with Crippen molar-refractivity contribution in [1.29, 1.82) is 0 Å². The van der Waals surface area contributed by atoms with Crippen LogP contribution in [0.5, 0.6) is 0 Å². The number of aryl methyl sites for hydroxylation is 1. The predicted octanol–water partition coefficient (Wildman–Crippen LogP) is 2.84. The van der Waals surface area contributed by atoms with E-state index in [4.69, 9.17) is 0 Å². The standard InChI is InChI=1S/C12H14INO/c1-9-4-5-10(11(13)8-9)12(15)14-6-2-3-7-14/h4-5,8H,2-3,6-7H2,1H3. The number of nitrogens with zero attached hydrogens (tertiary/aromatic N) is 1. The zero-order valence-electron chi connectivity index (χ0n) is 8.79. The van der Waals surface area contributed by atoms with Crippen molar-refractivity contribution in [2.75, 3.05) is 13.1 Å². The number of likely N-dealkylation sites (tertiary alicyclic amines) is 1. The summed E-state index contributed by atoms with van der Waals surface area (Å²) in [5, 5.41) is 0. The van der Waals surface area contributed by atoms with Gasteiger partial charge in [-0.3, -0.25) is 4.79 Å². The van der Waals surface area contributed by atoms with Gasteiger partial charge in [-0.25, -0.2) is 0 Å². The molecule has 1 aliphatic rings. The Hall–Kier alpha value is -0.580. The summed E-state index contributed by atoms with van der Waals surface area (Å²) >= 11 is 2.24. The Morgan fingerprint density at radius 3 is 2.60 bits per heavy atom. The smallest absolute Gasteiger partial charge is 0.254 e. The molecule has 0 atom stereocenters. The van der Waals surface area contributed by atoms with Crippen LogP contribution in [-0.2, 0) is 0 Å². The van der Waals surface area contributed by atoms with Gasteiger partial charge in [-0.05, 0) is 54.5 Å². The highest BCUT2D eigenvalue weighted by Crippen LogP contribution is 2.18. The summed E-state index contributed by atoms with van der Waals surface area (Å²) in [6.45, 7) is 3.89. The molecule has 1 aliphatic heterocycles. The number of hydrogen-bond donors (Lipinski definition) is 0. The van der Waals surface area contributed by atoms with Crippen molar-refractivity contribution in [2.24, 2.45) is 0 Å². The van der Waals surface area contributed by atoms with Crippen LogP contribution >= 0.6 is 22.6 Å². The molecule has 0 saturated carbocycles. The molecule has 15 heavy (non-hydrogen) atoms. The van der Waals surface area contributed by atoms with Gasteiger partial charge < -0.3 is 4.90 Å². The van der Waals surface area contributed by atoms with Gasteiger partial charge in [-0.2, -0.15) is 0 Å². The summed E-state index contributed by atoms with van der Waals surface area (Å²) in [7, 11) is 0. The quantitative estimate of drug-likeness (QED) is 0.730. The molecular weight excluding hydrogens is 301 g/mol. The molecular formula is C12H14INO. The van der Waals surface area contributed by atoms with Gasteiger partial charge in [0.05, 0.1) is 5.56 Å². The van der Waals surface area contributed by atoms with E-state index >= 15 is 0 Å². The van der Waals surface area contributed by atoms with Crippen LogP contribution in [0.2, 0.25) is 0 Å². The maximum Gasteiger partial charge on any atom is 0.254 e. The van der Waals surface area contributed by atoms with Crippen molar-refractivity contribution >= 4 is 28.5 Å². The van der Waals surface area contributed by atoms with Crippen LogP contribution in [0.3, 0.4) is 0 Å². The maximum atomic E-state index is 12.1. The van der Waals surface area contributed by atoms with Crippen molar-refractivity contribution in [1.82, 2.24) is 4.90 Å². The highest BCUT2D eigenvalue weighted by Gasteiger charge is 2.20.